The molecule has 4 heterocycles. The van der Waals surface area contributed by atoms with Gasteiger partial charge in [-0.3, -0.25) is 34.0 Å². The van der Waals surface area contributed by atoms with E-state index in [0.717, 1.165) is 70.6 Å². The van der Waals surface area contributed by atoms with Crippen molar-refractivity contribution < 1.29 is 23.2 Å². The molecule has 4 N–H and O–H groups in total. The van der Waals surface area contributed by atoms with E-state index in [0.29, 0.717) is 48.0 Å². The number of halogens is 2. The number of amides is 3. The third-order valence-corrected chi connectivity index (χ3v) is 12.6. The topological polar surface area (TPSA) is 150 Å². The van der Waals surface area contributed by atoms with E-state index in [1.807, 2.05) is 0 Å². The molecule has 14 heteroatoms. The molecule has 0 radical (unpaired) electrons. The van der Waals surface area contributed by atoms with E-state index in [1.54, 1.807) is 54.7 Å². The fourth-order valence-corrected chi connectivity index (χ4v) is 9.39. The molecule has 58 heavy (non-hydrogen) atoms. The summed E-state index contributed by atoms with van der Waals surface area (Å²) in [6.07, 6.45) is 12.8. The molecule has 4 aromatic rings. The summed E-state index contributed by atoms with van der Waals surface area (Å²) in [5.74, 6) is -1.10. The van der Waals surface area contributed by atoms with Gasteiger partial charge in [-0.2, -0.15) is 0 Å². The third kappa shape index (κ3) is 8.52. The van der Waals surface area contributed by atoms with Crippen molar-refractivity contribution >= 4 is 29.4 Å². The Kier molecular flexibility index (Phi) is 11.6. The number of anilines is 2. The second kappa shape index (κ2) is 17.2. The Bertz CT molecular complexity index is 2210. The van der Waals surface area contributed by atoms with Gasteiger partial charge in [-0.05, 0) is 113 Å². The summed E-state index contributed by atoms with van der Waals surface area (Å²) in [6.45, 7) is 1.42. The maximum atomic E-state index is 15.5. The van der Waals surface area contributed by atoms with Gasteiger partial charge in [0.25, 0.3) is 5.56 Å². The number of aromatic nitrogens is 3. The minimum Gasteiger partial charge on any atom is -0.374 e. The van der Waals surface area contributed by atoms with Gasteiger partial charge in [0.2, 0.25) is 23.7 Å². The number of rotatable bonds is 10. The molecule has 2 saturated carbocycles. The number of benzene rings is 2. The number of imide groups is 1. The minimum atomic E-state index is -0.577. The molecule has 1 atom stereocenters. The second-order valence-electron chi connectivity index (χ2n) is 16.3. The molecule has 0 spiro atoms. The largest absolute Gasteiger partial charge is 0.374 e. The number of hydrogen-bond acceptors (Lipinski definition) is 9. The third-order valence-electron chi connectivity index (χ3n) is 12.6. The standard InChI is InChI=1S/C44H50F2N8O4/c45-35-26-32(48-37-16-17-38(55)51-41(37)57)14-15-34(35)28-18-23-53(24-19-28)44(20-3-1-4-21-44)42(58)49-30-10-12-31(13-11-30)50-43-47-27-36(46)40(52-43)29-7-6-8-33(25-29)54-22-5-2-9-39(54)56/h2,5-9,14-15,22,25-28,30-31,37,48H,1,3-4,10-13,16-21,23-24H2,(H,49,58)(H,47,50,52)(H,51,55,57). The number of hydrogen-bond donors (Lipinski definition) is 4. The lowest BCUT2D eigenvalue weighted by atomic mass is 9.76. The predicted molar refractivity (Wildman–Crippen MR) is 216 cm³/mol. The average molecular weight is 793 g/mol. The van der Waals surface area contributed by atoms with Gasteiger partial charge in [-0.1, -0.05) is 43.5 Å². The van der Waals surface area contributed by atoms with E-state index >= 15 is 8.78 Å². The summed E-state index contributed by atoms with van der Waals surface area (Å²) < 4.78 is 32.0. The van der Waals surface area contributed by atoms with E-state index in [-0.39, 0.29) is 53.3 Å². The zero-order chi connectivity index (χ0) is 40.2. The van der Waals surface area contributed by atoms with Crippen LogP contribution in [0.4, 0.5) is 20.4 Å². The number of piperidine rings is 2. The van der Waals surface area contributed by atoms with Crippen LogP contribution < -0.4 is 26.8 Å². The van der Waals surface area contributed by atoms with Gasteiger partial charge in [0.05, 0.1) is 6.20 Å². The van der Waals surface area contributed by atoms with Crippen LogP contribution in [-0.4, -0.2) is 73.9 Å². The molecule has 1 unspecified atom stereocenters. The van der Waals surface area contributed by atoms with Crippen LogP contribution >= 0.6 is 0 Å². The van der Waals surface area contributed by atoms with Crippen molar-refractivity contribution in [2.24, 2.45) is 0 Å². The van der Waals surface area contributed by atoms with Gasteiger partial charge in [-0.25, -0.2) is 18.7 Å². The Morgan fingerprint density at radius 3 is 2.33 bits per heavy atom. The molecule has 4 aliphatic rings. The molecule has 2 saturated heterocycles. The van der Waals surface area contributed by atoms with Gasteiger partial charge in [0.15, 0.2) is 5.82 Å². The summed E-state index contributed by atoms with van der Waals surface area (Å²) in [5, 5.41) is 12.2. The number of likely N-dealkylation sites (tertiary alicyclic amines) is 1. The van der Waals surface area contributed by atoms with Gasteiger partial charge in [-0.15, -0.1) is 0 Å². The Labute approximate surface area is 336 Å². The predicted octanol–water partition coefficient (Wildman–Crippen LogP) is 6.21. The van der Waals surface area contributed by atoms with E-state index in [2.05, 4.69) is 36.1 Å². The second-order valence-corrected chi connectivity index (χ2v) is 16.3. The van der Waals surface area contributed by atoms with E-state index in [9.17, 15) is 19.2 Å². The van der Waals surface area contributed by atoms with Crippen LogP contribution in [0.5, 0.6) is 0 Å². The summed E-state index contributed by atoms with van der Waals surface area (Å²) in [5.41, 5.74) is 1.69. The Morgan fingerprint density at radius 2 is 1.59 bits per heavy atom. The van der Waals surface area contributed by atoms with Gasteiger partial charge in [0, 0.05) is 47.7 Å². The summed E-state index contributed by atoms with van der Waals surface area (Å²) in [6, 6.07) is 16.5. The lowest BCUT2D eigenvalue weighted by Crippen LogP contribution is -2.62. The molecule has 304 valence electrons. The van der Waals surface area contributed by atoms with Gasteiger partial charge < -0.3 is 16.0 Å². The normalized spacial score (nSPS) is 22.8. The molecular weight excluding hydrogens is 743 g/mol. The quantitative estimate of drug-likeness (QED) is 0.138. The fraction of sp³-hybridized carbons (Fsp3) is 0.455. The summed E-state index contributed by atoms with van der Waals surface area (Å²) in [4.78, 5) is 61.5. The van der Waals surface area contributed by atoms with Crippen molar-refractivity contribution in [2.45, 2.75) is 113 Å². The first-order valence-corrected chi connectivity index (χ1v) is 20.7. The highest BCUT2D eigenvalue weighted by Crippen LogP contribution is 2.40. The van der Waals surface area contributed by atoms with Crippen molar-refractivity contribution in [1.29, 1.82) is 0 Å². The first-order valence-electron chi connectivity index (χ1n) is 20.7. The molecule has 2 aliphatic carbocycles. The zero-order valence-electron chi connectivity index (χ0n) is 32.5. The molecule has 2 aromatic heterocycles. The molecule has 0 bridgehead atoms. The number of nitrogens with one attached hydrogen (secondary N) is 4. The Morgan fingerprint density at radius 1 is 0.810 bits per heavy atom. The fourth-order valence-electron chi connectivity index (χ4n) is 9.39. The lowest BCUT2D eigenvalue weighted by Gasteiger charge is -2.48. The molecule has 8 rings (SSSR count). The molecule has 2 aliphatic heterocycles. The molecular formula is C44H50F2N8O4. The lowest BCUT2D eigenvalue weighted by molar-refractivity contribution is -0.138. The van der Waals surface area contributed by atoms with Crippen LogP contribution in [0.25, 0.3) is 16.9 Å². The maximum absolute atomic E-state index is 15.5. The number of nitrogens with zero attached hydrogens (tertiary/aromatic N) is 4. The smallest absolute Gasteiger partial charge is 0.255 e. The van der Waals surface area contributed by atoms with E-state index < -0.39 is 23.3 Å². The number of carbonyl (C=O) groups is 3. The number of carbonyl (C=O) groups excluding carboxylic acids is 3. The van der Waals surface area contributed by atoms with Crippen LogP contribution in [0.15, 0.2) is 77.9 Å². The molecule has 3 amide bonds. The monoisotopic (exact) mass is 792 g/mol. The van der Waals surface area contributed by atoms with Crippen LogP contribution in [0.2, 0.25) is 0 Å². The molecule has 12 nitrogen and oxygen atoms in total. The van der Waals surface area contributed by atoms with Crippen molar-refractivity contribution in [2.75, 3.05) is 23.7 Å². The zero-order valence-corrected chi connectivity index (χ0v) is 32.5. The first-order chi connectivity index (χ1) is 28.1. The molecule has 4 fully saturated rings. The van der Waals surface area contributed by atoms with Crippen LogP contribution in [0.1, 0.15) is 95.0 Å². The highest BCUT2D eigenvalue weighted by Gasteiger charge is 2.46. The highest BCUT2D eigenvalue weighted by molar-refractivity contribution is 6.01. The van der Waals surface area contributed by atoms with E-state index in [1.165, 1.54) is 22.9 Å². The van der Waals surface area contributed by atoms with E-state index in [4.69, 9.17) is 0 Å². The van der Waals surface area contributed by atoms with Crippen molar-refractivity contribution in [3.63, 3.8) is 0 Å². The maximum Gasteiger partial charge on any atom is 0.255 e. The SMILES string of the molecule is O=C1CCC(Nc2ccc(C3CCN(C4(C(=O)NC5CCC(Nc6ncc(F)c(-c7cccc(-n8ccccc8=O)c7)n6)CC5)CCCCC4)CC3)c(F)c2)C(=O)N1. The van der Waals surface area contributed by atoms with Crippen LogP contribution in [-0.2, 0) is 14.4 Å². The van der Waals surface area contributed by atoms with Gasteiger partial charge >= 0.3 is 0 Å². The average Bonchev–Trinajstić information content (AvgIpc) is 3.24. The van der Waals surface area contributed by atoms with Crippen LogP contribution in [0.3, 0.4) is 0 Å². The highest BCUT2D eigenvalue weighted by atomic mass is 19.1. The van der Waals surface area contributed by atoms with Crippen molar-refractivity contribution in [3.05, 3.63) is 101 Å². The molecule has 2 aromatic carbocycles. The van der Waals surface area contributed by atoms with Gasteiger partial charge in [0.1, 0.15) is 23.1 Å². The summed E-state index contributed by atoms with van der Waals surface area (Å²) in [7, 11) is 0. The minimum absolute atomic E-state index is 0.0269. The van der Waals surface area contributed by atoms with Crippen LogP contribution in [0, 0.1) is 11.6 Å². The van der Waals surface area contributed by atoms with Crippen molar-refractivity contribution in [1.82, 2.24) is 30.1 Å². The Balaban J connectivity index is 0.855. The van der Waals surface area contributed by atoms with Crippen molar-refractivity contribution in [3.8, 4) is 16.9 Å². The summed E-state index contributed by atoms with van der Waals surface area (Å²) >= 11 is 0. The Hall–Kier alpha value is -5.50. The number of pyridine rings is 1. The first kappa shape index (κ1) is 39.3.